The molecule has 0 radical (unpaired) electrons. The van der Waals surface area contributed by atoms with Gasteiger partial charge in [0.25, 0.3) is 5.91 Å². The Morgan fingerprint density at radius 2 is 1.88 bits per heavy atom. The van der Waals surface area contributed by atoms with E-state index < -0.39 is 17.6 Å². The van der Waals surface area contributed by atoms with Crippen molar-refractivity contribution in [3.8, 4) is 0 Å². The summed E-state index contributed by atoms with van der Waals surface area (Å²) in [6.07, 6.45) is -1.85. The van der Waals surface area contributed by atoms with Gasteiger partial charge in [-0.2, -0.15) is 13.2 Å². The maximum absolute atomic E-state index is 12.8. The van der Waals surface area contributed by atoms with Crippen molar-refractivity contribution in [2.45, 2.75) is 19.0 Å². The number of halogens is 3. The molecule has 0 aliphatic rings. The first-order valence-corrected chi connectivity index (χ1v) is 7.55. The summed E-state index contributed by atoms with van der Waals surface area (Å²) in [5.74, 6) is -0.720. The summed E-state index contributed by atoms with van der Waals surface area (Å²) >= 11 is 0. The number of nitrogens with two attached hydrogens (primary N) is 1. The molecule has 25 heavy (non-hydrogen) atoms. The lowest BCUT2D eigenvalue weighted by molar-refractivity contribution is -0.137. The summed E-state index contributed by atoms with van der Waals surface area (Å²) < 4.78 is 38.5. The van der Waals surface area contributed by atoms with Gasteiger partial charge in [0.05, 0.1) is 22.3 Å². The number of benzene rings is 1. The van der Waals surface area contributed by atoms with E-state index in [4.69, 9.17) is 5.73 Å². The molecule has 0 saturated carbocycles. The van der Waals surface area contributed by atoms with E-state index in [1.807, 2.05) is 12.1 Å². The number of rotatable bonds is 4. The number of aromatic nitrogens is 2. The fraction of sp³-hybridized carbons (Fsp3) is 0.167. The van der Waals surface area contributed by atoms with E-state index in [9.17, 15) is 18.0 Å². The van der Waals surface area contributed by atoms with Crippen LogP contribution in [-0.2, 0) is 19.0 Å². The van der Waals surface area contributed by atoms with Gasteiger partial charge in [-0.3, -0.25) is 14.8 Å². The fourth-order valence-corrected chi connectivity index (χ4v) is 2.59. The summed E-state index contributed by atoms with van der Waals surface area (Å²) in [5, 5.41) is 0.227. The maximum atomic E-state index is 12.8. The van der Waals surface area contributed by atoms with E-state index in [1.54, 1.807) is 12.3 Å². The van der Waals surface area contributed by atoms with Crippen molar-refractivity contribution in [1.29, 1.82) is 0 Å². The van der Waals surface area contributed by atoms with Crippen LogP contribution in [0.4, 0.5) is 13.2 Å². The number of aryl methyl sites for hydroxylation is 2. The standard InChI is InChI=1S/C18H14F3N3O/c19-18(20,21)12-4-6-15-11(9-12)10-14(17(22)25)16(24-15)7-5-13-3-1-2-8-23-13/h1-4,6,8-10H,5,7H2,(H2,22,25). The number of amides is 1. The fourth-order valence-electron chi connectivity index (χ4n) is 2.59. The van der Waals surface area contributed by atoms with Crippen molar-refractivity contribution in [2.24, 2.45) is 5.73 Å². The van der Waals surface area contributed by atoms with Crippen molar-refractivity contribution < 1.29 is 18.0 Å². The van der Waals surface area contributed by atoms with Crippen LogP contribution in [0.1, 0.15) is 27.3 Å². The Morgan fingerprint density at radius 1 is 1.08 bits per heavy atom. The van der Waals surface area contributed by atoms with Gasteiger partial charge in [-0.05, 0) is 49.2 Å². The van der Waals surface area contributed by atoms with Gasteiger partial charge in [-0.15, -0.1) is 0 Å². The number of fused-ring (bicyclic) bond motifs is 1. The summed E-state index contributed by atoms with van der Waals surface area (Å²) in [6.45, 7) is 0. The molecule has 3 rings (SSSR count). The van der Waals surface area contributed by atoms with Crippen molar-refractivity contribution in [2.75, 3.05) is 0 Å². The molecule has 0 bridgehead atoms. The highest BCUT2D eigenvalue weighted by molar-refractivity contribution is 5.97. The first-order chi connectivity index (χ1) is 11.8. The maximum Gasteiger partial charge on any atom is 0.416 e. The zero-order valence-electron chi connectivity index (χ0n) is 13.0. The molecule has 0 fully saturated rings. The summed E-state index contributed by atoms with van der Waals surface area (Å²) in [6, 6.07) is 10.1. The summed E-state index contributed by atoms with van der Waals surface area (Å²) in [4.78, 5) is 20.2. The molecule has 2 aromatic heterocycles. The number of alkyl halides is 3. The summed E-state index contributed by atoms with van der Waals surface area (Å²) in [7, 11) is 0. The number of carbonyl (C=O) groups excluding carboxylic acids is 1. The Bertz CT molecular complexity index is 924. The Hall–Kier alpha value is -2.96. The highest BCUT2D eigenvalue weighted by atomic mass is 19.4. The molecule has 2 N–H and O–H groups in total. The molecule has 0 aliphatic carbocycles. The van der Waals surface area contributed by atoms with E-state index in [-0.39, 0.29) is 10.9 Å². The average Bonchev–Trinajstić information content (AvgIpc) is 2.58. The van der Waals surface area contributed by atoms with Gasteiger partial charge in [0.2, 0.25) is 0 Å². The second-order valence-electron chi connectivity index (χ2n) is 5.57. The quantitative estimate of drug-likeness (QED) is 0.786. The number of pyridine rings is 2. The molecular weight excluding hydrogens is 331 g/mol. The molecule has 4 nitrogen and oxygen atoms in total. The number of hydrogen-bond donors (Lipinski definition) is 1. The van der Waals surface area contributed by atoms with Crippen LogP contribution in [0, 0.1) is 0 Å². The highest BCUT2D eigenvalue weighted by Gasteiger charge is 2.30. The van der Waals surface area contributed by atoms with Gasteiger partial charge in [0, 0.05) is 17.3 Å². The van der Waals surface area contributed by atoms with Crippen LogP contribution in [0.25, 0.3) is 10.9 Å². The minimum atomic E-state index is -4.46. The van der Waals surface area contributed by atoms with Gasteiger partial charge in [-0.25, -0.2) is 0 Å². The second kappa shape index (κ2) is 6.51. The zero-order valence-corrected chi connectivity index (χ0v) is 13.0. The molecular formula is C18H14F3N3O. The molecule has 128 valence electrons. The van der Waals surface area contributed by atoms with Crippen LogP contribution >= 0.6 is 0 Å². The van der Waals surface area contributed by atoms with E-state index in [2.05, 4.69) is 9.97 Å². The topological polar surface area (TPSA) is 68.9 Å². The molecule has 1 aromatic carbocycles. The van der Waals surface area contributed by atoms with E-state index in [1.165, 1.54) is 12.1 Å². The Kier molecular flexibility index (Phi) is 4.39. The molecule has 0 aliphatic heterocycles. The van der Waals surface area contributed by atoms with Gasteiger partial charge >= 0.3 is 6.18 Å². The first kappa shape index (κ1) is 16.9. The van der Waals surface area contributed by atoms with E-state index in [0.717, 1.165) is 17.8 Å². The minimum absolute atomic E-state index is 0.128. The molecule has 2 heterocycles. The number of nitrogens with zero attached hydrogens (tertiary/aromatic N) is 2. The van der Waals surface area contributed by atoms with Gasteiger partial charge in [0.1, 0.15) is 0 Å². The first-order valence-electron chi connectivity index (χ1n) is 7.55. The molecule has 0 atom stereocenters. The normalized spacial score (nSPS) is 11.6. The lowest BCUT2D eigenvalue weighted by Crippen LogP contribution is -2.16. The molecule has 0 saturated heterocycles. The van der Waals surface area contributed by atoms with Gasteiger partial charge in [-0.1, -0.05) is 6.07 Å². The van der Waals surface area contributed by atoms with Crippen molar-refractivity contribution in [1.82, 2.24) is 9.97 Å². The smallest absolute Gasteiger partial charge is 0.366 e. The molecule has 1 amide bonds. The molecule has 3 aromatic rings. The third-order valence-electron chi connectivity index (χ3n) is 3.83. The van der Waals surface area contributed by atoms with Crippen LogP contribution < -0.4 is 5.73 Å². The zero-order chi connectivity index (χ0) is 18.0. The lowest BCUT2D eigenvalue weighted by Gasteiger charge is -2.11. The molecule has 0 unspecified atom stereocenters. The Labute approximate surface area is 141 Å². The van der Waals surface area contributed by atoms with Crippen LogP contribution in [-0.4, -0.2) is 15.9 Å². The van der Waals surface area contributed by atoms with Crippen molar-refractivity contribution in [3.05, 3.63) is 71.2 Å². The average molecular weight is 345 g/mol. The predicted molar refractivity (Wildman–Crippen MR) is 86.9 cm³/mol. The van der Waals surface area contributed by atoms with Crippen LogP contribution in [0.2, 0.25) is 0 Å². The van der Waals surface area contributed by atoms with E-state index in [0.29, 0.717) is 24.1 Å². The number of carbonyl (C=O) groups is 1. The SMILES string of the molecule is NC(=O)c1cc2cc(C(F)(F)F)ccc2nc1CCc1ccccn1. The second-order valence-corrected chi connectivity index (χ2v) is 5.57. The van der Waals surface area contributed by atoms with Crippen molar-refractivity contribution >= 4 is 16.8 Å². The molecule has 7 heteroatoms. The number of hydrogen-bond acceptors (Lipinski definition) is 3. The third kappa shape index (κ3) is 3.76. The minimum Gasteiger partial charge on any atom is -0.366 e. The number of primary amides is 1. The van der Waals surface area contributed by atoms with E-state index >= 15 is 0 Å². The summed E-state index contributed by atoms with van der Waals surface area (Å²) in [5.41, 5.74) is 6.38. The molecule has 0 spiro atoms. The monoisotopic (exact) mass is 345 g/mol. The Balaban J connectivity index is 2.00. The van der Waals surface area contributed by atoms with Gasteiger partial charge < -0.3 is 5.73 Å². The Morgan fingerprint density at radius 3 is 2.52 bits per heavy atom. The largest absolute Gasteiger partial charge is 0.416 e. The van der Waals surface area contributed by atoms with Crippen LogP contribution in [0.3, 0.4) is 0 Å². The van der Waals surface area contributed by atoms with Crippen molar-refractivity contribution in [3.63, 3.8) is 0 Å². The van der Waals surface area contributed by atoms with Crippen LogP contribution in [0.5, 0.6) is 0 Å². The van der Waals surface area contributed by atoms with Crippen LogP contribution in [0.15, 0.2) is 48.7 Å². The van der Waals surface area contributed by atoms with Gasteiger partial charge in [0.15, 0.2) is 0 Å². The third-order valence-corrected chi connectivity index (χ3v) is 3.83. The lowest BCUT2D eigenvalue weighted by atomic mass is 10.0. The predicted octanol–water partition coefficient (Wildman–Crippen LogP) is 3.53. The highest BCUT2D eigenvalue weighted by Crippen LogP contribution is 2.31.